The van der Waals surface area contributed by atoms with Gasteiger partial charge in [-0.1, -0.05) is 0 Å². The third kappa shape index (κ3) is 1.87. The first kappa shape index (κ1) is 9.44. The summed E-state index contributed by atoms with van der Waals surface area (Å²) in [5, 5.41) is 3.54. The van der Waals surface area contributed by atoms with Crippen LogP contribution < -0.4 is 5.32 Å². The van der Waals surface area contributed by atoms with E-state index in [1.54, 1.807) is 7.11 Å². The fraction of sp³-hybridized carbons (Fsp3) is 1.00. The molecule has 76 valence electrons. The van der Waals surface area contributed by atoms with Gasteiger partial charge in [0.15, 0.2) is 0 Å². The van der Waals surface area contributed by atoms with Crippen LogP contribution in [-0.2, 0) is 9.47 Å². The van der Waals surface area contributed by atoms with Gasteiger partial charge in [0.05, 0.1) is 12.7 Å². The zero-order chi connectivity index (χ0) is 9.31. The van der Waals surface area contributed by atoms with Crippen molar-refractivity contribution in [1.82, 2.24) is 5.32 Å². The molecule has 0 aromatic rings. The summed E-state index contributed by atoms with van der Waals surface area (Å²) < 4.78 is 11.2. The quantitative estimate of drug-likeness (QED) is 0.667. The molecule has 0 amide bonds. The zero-order valence-corrected chi connectivity index (χ0v) is 8.51. The molecule has 2 fully saturated rings. The molecule has 0 bridgehead atoms. The molecule has 3 heteroatoms. The molecule has 13 heavy (non-hydrogen) atoms. The minimum absolute atomic E-state index is 0.00551. The lowest BCUT2D eigenvalue weighted by molar-refractivity contribution is -0.0706. The van der Waals surface area contributed by atoms with Crippen molar-refractivity contribution >= 4 is 0 Å². The molecule has 1 spiro atoms. The van der Waals surface area contributed by atoms with Crippen LogP contribution in [0.5, 0.6) is 0 Å². The average molecular weight is 185 g/mol. The summed E-state index contributed by atoms with van der Waals surface area (Å²) in [5.74, 6) is 0. The van der Waals surface area contributed by atoms with Gasteiger partial charge >= 0.3 is 0 Å². The number of hydrogen-bond acceptors (Lipinski definition) is 3. The van der Waals surface area contributed by atoms with Gasteiger partial charge in [-0.05, 0) is 32.6 Å². The maximum atomic E-state index is 5.82. The first-order chi connectivity index (χ1) is 6.24. The highest BCUT2D eigenvalue weighted by Crippen LogP contribution is 2.33. The predicted molar refractivity (Wildman–Crippen MR) is 50.5 cm³/mol. The van der Waals surface area contributed by atoms with Crippen LogP contribution in [0.1, 0.15) is 32.6 Å². The molecule has 1 unspecified atom stereocenters. The number of methoxy groups -OCH3 is 1. The van der Waals surface area contributed by atoms with Crippen molar-refractivity contribution in [2.24, 2.45) is 0 Å². The van der Waals surface area contributed by atoms with Crippen LogP contribution in [0.3, 0.4) is 0 Å². The lowest BCUT2D eigenvalue weighted by Crippen LogP contribution is -2.47. The van der Waals surface area contributed by atoms with E-state index in [4.69, 9.17) is 9.47 Å². The van der Waals surface area contributed by atoms with Gasteiger partial charge < -0.3 is 9.47 Å². The van der Waals surface area contributed by atoms with Gasteiger partial charge in [0.25, 0.3) is 0 Å². The number of hydrogen-bond donors (Lipinski definition) is 1. The normalized spacial score (nSPS) is 45.7. The van der Waals surface area contributed by atoms with E-state index in [0.717, 1.165) is 32.3 Å². The van der Waals surface area contributed by atoms with Crippen molar-refractivity contribution in [3.8, 4) is 0 Å². The van der Waals surface area contributed by atoms with Gasteiger partial charge in [0, 0.05) is 13.2 Å². The van der Waals surface area contributed by atoms with Crippen LogP contribution in [0.2, 0.25) is 0 Å². The van der Waals surface area contributed by atoms with Crippen molar-refractivity contribution in [2.75, 3.05) is 13.7 Å². The highest BCUT2D eigenvalue weighted by atomic mass is 16.5. The van der Waals surface area contributed by atoms with E-state index in [2.05, 4.69) is 12.2 Å². The number of ether oxygens (including phenoxy) is 2. The SMILES string of the molecule is COC1CCC2(CC1)NC(C)CO2. The first-order valence-corrected chi connectivity index (χ1v) is 5.18. The van der Waals surface area contributed by atoms with E-state index in [1.807, 2.05) is 0 Å². The topological polar surface area (TPSA) is 30.5 Å². The molecule has 2 rings (SSSR count). The fourth-order valence-corrected chi connectivity index (χ4v) is 2.40. The van der Waals surface area contributed by atoms with Gasteiger partial charge in [-0.15, -0.1) is 0 Å². The minimum Gasteiger partial charge on any atom is -0.381 e. The lowest BCUT2D eigenvalue weighted by Gasteiger charge is -2.36. The van der Waals surface area contributed by atoms with Crippen molar-refractivity contribution < 1.29 is 9.47 Å². The van der Waals surface area contributed by atoms with Crippen molar-refractivity contribution in [1.29, 1.82) is 0 Å². The fourth-order valence-electron chi connectivity index (χ4n) is 2.40. The molecular formula is C10H19NO2. The summed E-state index contributed by atoms with van der Waals surface area (Å²) in [5.41, 5.74) is -0.00551. The molecular weight excluding hydrogens is 166 g/mol. The molecule has 1 saturated carbocycles. The van der Waals surface area contributed by atoms with Crippen molar-refractivity contribution in [3.63, 3.8) is 0 Å². The number of rotatable bonds is 1. The highest BCUT2D eigenvalue weighted by molar-refractivity contribution is 4.91. The maximum Gasteiger partial charge on any atom is 0.119 e. The Hall–Kier alpha value is -0.120. The Bertz CT molecular complexity index is 176. The van der Waals surface area contributed by atoms with E-state index in [-0.39, 0.29) is 5.72 Å². The van der Waals surface area contributed by atoms with Crippen molar-refractivity contribution in [2.45, 2.75) is 50.5 Å². The molecule has 3 nitrogen and oxygen atoms in total. The third-order valence-corrected chi connectivity index (χ3v) is 3.19. The minimum atomic E-state index is -0.00551. The molecule has 0 aromatic carbocycles. The molecule has 0 radical (unpaired) electrons. The van der Waals surface area contributed by atoms with Crippen molar-refractivity contribution in [3.05, 3.63) is 0 Å². The Morgan fingerprint density at radius 2 is 2.08 bits per heavy atom. The Labute approximate surface area is 79.8 Å². The molecule has 1 heterocycles. The maximum absolute atomic E-state index is 5.82. The third-order valence-electron chi connectivity index (χ3n) is 3.19. The van der Waals surface area contributed by atoms with E-state index < -0.39 is 0 Å². The molecule has 0 aromatic heterocycles. The summed E-state index contributed by atoms with van der Waals surface area (Å²) in [6.07, 6.45) is 4.88. The largest absolute Gasteiger partial charge is 0.381 e. The molecule has 2 aliphatic rings. The zero-order valence-electron chi connectivity index (χ0n) is 8.51. The van der Waals surface area contributed by atoms with Crippen LogP contribution >= 0.6 is 0 Å². The highest BCUT2D eigenvalue weighted by Gasteiger charge is 2.41. The summed E-state index contributed by atoms with van der Waals surface area (Å²) >= 11 is 0. The predicted octanol–water partition coefficient (Wildman–Crippen LogP) is 1.28. The van der Waals surface area contributed by atoms with E-state index in [1.165, 1.54) is 0 Å². The van der Waals surface area contributed by atoms with E-state index in [9.17, 15) is 0 Å². The van der Waals surface area contributed by atoms with Crippen LogP contribution in [0.25, 0.3) is 0 Å². The summed E-state index contributed by atoms with van der Waals surface area (Å²) in [4.78, 5) is 0. The number of nitrogens with one attached hydrogen (secondary N) is 1. The molecule has 1 atom stereocenters. The monoisotopic (exact) mass is 185 g/mol. The Morgan fingerprint density at radius 1 is 1.38 bits per heavy atom. The second-order valence-electron chi connectivity index (χ2n) is 4.29. The van der Waals surface area contributed by atoms with Crippen LogP contribution in [-0.4, -0.2) is 31.6 Å². The average Bonchev–Trinajstić information content (AvgIpc) is 2.49. The summed E-state index contributed by atoms with van der Waals surface area (Å²) in [6, 6.07) is 0.513. The van der Waals surface area contributed by atoms with Gasteiger partial charge in [0.1, 0.15) is 5.72 Å². The second kappa shape index (κ2) is 3.56. The van der Waals surface area contributed by atoms with Crippen LogP contribution in [0, 0.1) is 0 Å². The van der Waals surface area contributed by atoms with E-state index in [0.29, 0.717) is 12.1 Å². The Morgan fingerprint density at radius 3 is 2.54 bits per heavy atom. The summed E-state index contributed by atoms with van der Waals surface area (Å²) in [6.45, 7) is 3.04. The molecule has 1 N–H and O–H groups in total. The van der Waals surface area contributed by atoms with E-state index >= 15 is 0 Å². The molecule has 1 saturated heterocycles. The smallest absolute Gasteiger partial charge is 0.119 e. The lowest BCUT2D eigenvalue weighted by atomic mass is 9.89. The second-order valence-corrected chi connectivity index (χ2v) is 4.29. The van der Waals surface area contributed by atoms with Gasteiger partial charge in [0.2, 0.25) is 0 Å². The van der Waals surface area contributed by atoms with Crippen LogP contribution in [0.4, 0.5) is 0 Å². The Kier molecular flexibility index (Phi) is 2.58. The van der Waals surface area contributed by atoms with Crippen LogP contribution in [0.15, 0.2) is 0 Å². The van der Waals surface area contributed by atoms with Gasteiger partial charge in [-0.25, -0.2) is 0 Å². The van der Waals surface area contributed by atoms with Gasteiger partial charge in [-0.2, -0.15) is 0 Å². The molecule has 1 aliphatic carbocycles. The van der Waals surface area contributed by atoms with Gasteiger partial charge in [-0.3, -0.25) is 5.32 Å². The Balaban J connectivity index is 1.90. The first-order valence-electron chi connectivity index (χ1n) is 5.18. The molecule has 1 aliphatic heterocycles. The summed E-state index contributed by atoms with van der Waals surface area (Å²) in [7, 11) is 1.80. The standard InChI is InChI=1S/C10H19NO2/c1-8-7-13-10(11-8)5-3-9(12-2)4-6-10/h8-9,11H,3-7H2,1-2H3.